The molecule has 0 radical (unpaired) electrons. The number of hydrogen-bond acceptors (Lipinski definition) is 5. The van der Waals surface area contributed by atoms with E-state index in [0.29, 0.717) is 18.9 Å². The van der Waals surface area contributed by atoms with Crippen molar-refractivity contribution in [1.29, 1.82) is 0 Å². The van der Waals surface area contributed by atoms with Crippen molar-refractivity contribution in [2.75, 3.05) is 13.2 Å². The number of aliphatic hydroxyl groups is 1. The second kappa shape index (κ2) is 8.46. The molecule has 0 bridgehead atoms. The molecule has 24 heavy (non-hydrogen) atoms. The first-order chi connectivity index (χ1) is 11.1. The summed E-state index contributed by atoms with van der Waals surface area (Å²) in [5.74, 6) is 1.19. The van der Waals surface area contributed by atoms with Crippen molar-refractivity contribution in [2.24, 2.45) is 11.3 Å². The van der Waals surface area contributed by atoms with Crippen molar-refractivity contribution >= 4 is 6.09 Å². The maximum Gasteiger partial charge on any atom is 0.407 e. The average molecular weight is 340 g/mol. The van der Waals surface area contributed by atoms with Gasteiger partial charge in [-0.25, -0.2) is 9.78 Å². The number of carbonyl (C=O) groups is 1. The third-order valence-electron chi connectivity index (χ3n) is 3.71. The van der Waals surface area contributed by atoms with Gasteiger partial charge in [-0.05, 0) is 40.0 Å². The number of aliphatic hydroxyl groups excluding tert-OH is 1. The molecular formula is C17H32N4O3. The molecule has 1 atom stereocenters. The molecule has 0 saturated heterocycles. The van der Waals surface area contributed by atoms with Crippen molar-refractivity contribution in [3.63, 3.8) is 0 Å². The molecule has 0 fully saturated rings. The Morgan fingerprint density at radius 3 is 2.58 bits per heavy atom. The second-order valence-electron chi connectivity index (χ2n) is 7.78. The number of aromatic nitrogens is 3. The maximum absolute atomic E-state index is 12.0. The summed E-state index contributed by atoms with van der Waals surface area (Å²) in [6.07, 6.45) is 2.36. The number of carbonyl (C=O) groups excluding carboxylic acids is 1. The van der Waals surface area contributed by atoms with Crippen LogP contribution in [0.25, 0.3) is 0 Å². The second-order valence-corrected chi connectivity index (χ2v) is 7.78. The number of nitrogens with one attached hydrogen (secondary N) is 1. The first kappa shape index (κ1) is 20.4. The minimum Gasteiger partial charge on any atom is -0.444 e. The van der Waals surface area contributed by atoms with Crippen LogP contribution in [0.5, 0.6) is 0 Å². The summed E-state index contributed by atoms with van der Waals surface area (Å²) in [6.45, 7) is 12.7. The van der Waals surface area contributed by atoms with Crippen LogP contribution in [0, 0.1) is 11.3 Å². The van der Waals surface area contributed by atoms with E-state index in [1.165, 1.54) is 6.33 Å². The normalized spacial score (nSPS) is 14.5. The molecule has 1 unspecified atom stereocenters. The van der Waals surface area contributed by atoms with Gasteiger partial charge in [0, 0.05) is 24.9 Å². The van der Waals surface area contributed by atoms with E-state index in [1.807, 2.05) is 32.4 Å². The molecule has 7 heteroatoms. The van der Waals surface area contributed by atoms with E-state index in [4.69, 9.17) is 4.74 Å². The molecule has 1 amide bonds. The van der Waals surface area contributed by atoms with E-state index < -0.39 is 17.1 Å². The molecule has 1 heterocycles. The Morgan fingerprint density at radius 1 is 1.42 bits per heavy atom. The highest BCUT2D eigenvalue weighted by Gasteiger charge is 2.33. The Morgan fingerprint density at radius 2 is 2.08 bits per heavy atom. The molecule has 1 aromatic heterocycles. The fourth-order valence-electron chi connectivity index (χ4n) is 2.85. The van der Waals surface area contributed by atoms with Crippen molar-refractivity contribution in [2.45, 2.75) is 66.5 Å². The van der Waals surface area contributed by atoms with Gasteiger partial charge in [-0.2, -0.15) is 5.10 Å². The highest BCUT2D eigenvalue weighted by molar-refractivity contribution is 5.67. The zero-order valence-corrected chi connectivity index (χ0v) is 15.8. The fraction of sp³-hybridized carbons (Fsp3) is 0.824. The van der Waals surface area contributed by atoms with E-state index in [-0.39, 0.29) is 6.61 Å². The van der Waals surface area contributed by atoms with Gasteiger partial charge in [0.25, 0.3) is 0 Å². The van der Waals surface area contributed by atoms with Gasteiger partial charge in [-0.15, -0.1) is 0 Å². The largest absolute Gasteiger partial charge is 0.444 e. The van der Waals surface area contributed by atoms with Crippen LogP contribution in [0.2, 0.25) is 0 Å². The number of amides is 1. The van der Waals surface area contributed by atoms with Gasteiger partial charge in [-0.3, -0.25) is 4.68 Å². The van der Waals surface area contributed by atoms with E-state index in [0.717, 1.165) is 18.8 Å². The van der Waals surface area contributed by atoms with E-state index in [9.17, 15) is 9.90 Å². The summed E-state index contributed by atoms with van der Waals surface area (Å²) >= 11 is 0. The van der Waals surface area contributed by atoms with Gasteiger partial charge in [0.2, 0.25) is 0 Å². The molecule has 0 spiro atoms. The van der Waals surface area contributed by atoms with E-state index >= 15 is 0 Å². The summed E-state index contributed by atoms with van der Waals surface area (Å²) in [5, 5.41) is 17.1. The molecule has 0 aliphatic heterocycles. The Hall–Kier alpha value is -1.63. The van der Waals surface area contributed by atoms with Crippen LogP contribution in [-0.4, -0.2) is 44.7 Å². The summed E-state index contributed by atoms with van der Waals surface area (Å²) in [7, 11) is 0. The molecule has 0 aliphatic rings. The van der Waals surface area contributed by atoms with Crippen molar-refractivity contribution in [3.8, 4) is 0 Å². The predicted octanol–water partition coefficient (Wildman–Crippen LogP) is 2.39. The molecule has 2 N–H and O–H groups in total. The fourth-order valence-corrected chi connectivity index (χ4v) is 2.85. The summed E-state index contributed by atoms with van der Waals surface area (Å²) in [6, 6.07) is 0. The third-order valence-corrected chi connectivity index (χ3v) is 3.71. The minimum absolute atomic E-state index is 0.0441. The molecule has 0 aliphatic carbocycles. The number of hydrogen-bond donors (Lipinski definition) is 2. The monoisotopic (exact) mass is 340 g/mol. The smallest absolute Gasteiger partial charge is 0.407 e. The molecule has 0 saturated carbocycles. The van der Waals surface area contributed by atoms with Crippen LogP contribution < -0.4 is 5.32 Å². The van der Waals surface area contributed by atoms with Gasteiger partial charge in [-0.1, -0.05) is 13.8 Å². The van der Waals surface area contributed by atoms with Crippen LogP contribution in [0.3, 0.4) is 0 Å². The number of nitrogens with zero attached hydrogens (tertiary/aromatic N) is 3. The highest BCUT2D eigenvalue weighted by Crippen LogP contribution is 2.29. The molecule has 1 rings (SSSR count). The quantitative estimate of drug-likeness (QED) is 0.758. The Balaban J connectivity index is 2.87. The number of alkyl carbamates (subject to hydrolysis) is 1. The zero-order chi connectivity index (χ0) is 18.4. The van der Waals surface area contributed by atoms with E-state index in [1.54, 1.807) is 0 Å². The van der Waals surface area contributed by atoms with Crippen molar-refractivity contribution in [1.82, 2.24) is 20.1 Å². The van der Waals surface area contributed by atoms with Crippen molar-refractivity contribution in [3.05, 3.63) is 12.2 Å². The lowest BCUT2D eigenvalue weighted by atomic mass is 9.77. The van der Waals surface area contributed by atoms with Crippen LogP contribution in [-0.2, 0) is 17.7 Å². The van der Waals surface area contributed by atoms with Gasteiger partial charge in [0.1, 0.15) is 17.8 Å². The minimum atomic E-state index is -0.549. The number of aryl methyl sites for hydroxylation is 1. The Kier molecular flexibility index (Phi) is 7.20. The first-order valence-electron chi connectivity index (χ1n) is 8.55. The average Bonchev–Trinajstić information content (AvgIpc) is 2.89. The lowest BCUT2D eigenvalue weighted by molar-refractivity contribution is 0.0436. The van der Waals surface area contributed by atoms with Gasteiger partial charge < -0.3 is 15.2 Å². The molecular weight excluding hydrogens is 308 g/mol. The lowest BCUT2D eigenvalue weighted by Crippen LogP contribution is -2.44. The molecule has 7 nitrogen and oxygen atoms in total. The Labute approximate surface area is 144 Å². The molecule has 0 aromatic carbocycles. The van der Waals surface area contributed by atoms with Crippen LogP contribution in [0.4, 0.5) is 4.79 Å². The van der Waals surface area contributed by atoms with Crippen LogP contribution in [0.1, 0.15) is 53.8 Å². The van der Waals surface area contributed by atoms with Crippen LogP contribution >= 0.6 is 0 Å². The van der Waals surface area contributed by atoms with Gasteiger partial charge in [0.05, 0.1) is 6.61 Å². The maximum atomic E-state index is 12.0. The van der Waals surface area contributed by atoms with Gasteiger partial charge in [0.15, 0.2) is 0 Å². The van der Waals surface area contributed by atoms with Crippen LogP contribution in [0.15, 0.2) is 6.33 Å². The third kappa shape index (κ3) is 6.47. The summed E-state index contributed by atoms with van der Waals surface area (Å²) in [4.78, 5) is 16.3. The number of ether oxygens (including phenoxy) is 1. The number of rotatable bonds is 8. The standard InChI is InChI=1S/C17H32N4O3/c1-7-21-14(19-12-20-21)9-17(11-22,8-13(2)3)10-18-15(23)24-16(4,5)6/h12-13,22H,7-11H2,1-6H3,(H,18,23). The summed E-state index contributed by atoms with van der Waals surface area (Å²) < 4.78 is 7.12. The van der Waals surface area contributed by atoms with Crippen molar-refractivity contribution < 1.29 is 14.6 Å². The molecule has 1 aromatic rings. The first-order valence-corrected chi connectivity index (χ1v) is 8.55. The topological polar surface area (TPSA) is 89.3 Å². The van der Waals surface area contributed by atoms with E-state index in [2.05, 4.69) is 29.2 Å². The lowest BCUT2D eigenvalue weighted by Gasteiger charge is -2.34. The zero-order valence-electron chi connectivity index (χ0n) is 15.8. The Bertz CT molecular complexity index is 522. The summed E-state index contributed by atoms with van der Waals surface area (Å²) in [5.41, 5.74) is -1.04. The SMILES string of the molecule is CCn1ncnc1CC(CO)(CNC(=O)OC(C)(C)C)CC(C)C. The highest BCUT2D eigenvalue weighted by atomic mass is 16.6. The van der Waals surface area contributed by atoms with Gasteiger partial charge >= 0.3 is 6.09 Å². The predicted molar refractivity (Wildman–Crippen MR) is 92.6 cm³/mol. The molecule has 138 valence electrons.